The quantitative estimate of drug-likeness (QED) is 0.563. The van der Waals surface area contributed by atoms with Gasteiger partial charge in [0.15, 0.2) is 0 Å². The van der Waals surface area contributed by atoms with E-state index in [0.29, 0.717) is 5.92 Å². The largest absolute Gasteiger partial charge is 1.00 e. The summed E-state index contributed by atoms with van der Waals surface area (Å²) in [7, 11) is 0. The Kier molecular flexibility index (Phi) is 11.3. The minimum atomic E-state index is 0. The first-order valence-corrected chi connectivity index (χ1v) is 8.96. The fraction of sp³-hybridized carbons (Fsp3) is 0.364. The molecule has 1 aliphatic heterocycles. The molecule has 2 aromatic carbocycles. The van der Waals surface area contributed by atoms with Crippen molar-refractivity contribution in [3.63, 3.8) is 0 Å². The van der Waals surface area contributed by atoms with Gasteiger partial charge < -0.3 is 6.16 Å². The summed E-state index contributed by atoms with van der Waals surface area (Å²) < 4.78 is 6.11. The third-order valence-corrected chi connectivity index (χ3v) is 4.75. The van der Waals surface area contributed by atoms with Crippen LogP contribution in [0.1, 0.15) is 32.3 Å². The van der Waals surface area contributed by atoms with E-state index in [1.807, 2.05) is 13.0 Å². The fourth-order valence-electron chi connectivity index (χ4n) is 3.30. The molecule has 1 heterocycles. The van der Waals surface area contributed by atoms with E-state index in [1.165, 1.54) is 37.1 Å². The van der Waals surface area contributed by atoms with Crippen LogP contribution in [0.3, 0.4) is 0 Å². The first kappa shape index (κ1) is 23.3. The zero-order chi connectivity index (χ0) is 16.6. The molecule has 0 unspecified atom stereocenters. The van der Waals surface area contributed by atoms with Gasteiger partial charge >= 0.3 is 29.6 Å². The molecule has 26 heavy (non-hydrogen) atoms. The van der Waals surface area contributed by atoms with Crippen LogP contribution in [0.25, 0.3) is 5.76 Å². The number of hydrogen-bond acceptors (Lipinski definition) is 2. The van der Waals surface area contributed by atoms with Crippen molar-refractivity contribution in [3.05, 3.63) is 77.9 Å². The van der Waals surface area contributed by atoms with Crippen LogP contribution >= 0.6 is 12.4 Å². The number of nitrogens with zero attached hydrogens (tertiary/aromatic N) is 1. The van der Waals surface area contributed by atoms with Crippen LogP contribution in [0.5, 0.6) is 0 Å². The molecule has 2 aromatic rings. The summed E-state index contributed by atoms with van der Waals surface area (Å²) in [5, 5.41) is 0. The molecule has 0 saturated carbocycles. The topological polar surface area (TPSA) is 12.5 Å². The number of halogens is 1. The Labute approximate surface area is 187 Å². The average molecular weight is 382 g/mol. The van der Waals surface area contributed by atoms with Gasteiger partial charge in [0.1, 0.15) is 5.76 Å². The van der Waals surface area contributed by atoms with Crippen LogP contribution in [-0.2, 0) is 11.3 Å². The van der Waals surface area contributed by atoms with Crippen LogP contribution < -0.4 is 29.6 Å². The molecule has 0 spiro atoms. The summed E-state index contributed by atoms with van der Waals surface area (Å²) in [4.78, 5) is 2.56. The Morgan fingerprint density at radius 3 is 2.19 bits per heavy atom. The summed E-state index contributed by atoms with van der Waals surface area (Å²) in [6, 6.07) is 21.1. The van der Waals surface area contributed by atoms with Gasteiger partial charge in [-0.1, -0.05) is 60.7 Å². The second-order valence-corrected chi connectivity index (χ2v) is 6.54. The summed E-state index contributed by atoms with van der Waals surface area (Å²) in [5.41, 5.74) is 2.58. The molecule has 0 bridgehead atoms. The molecular formula is C22H29ClNNaO. The molecule has 0 aliphatic carbocycles. The van der Waals surface area contributed by atoms with Gasteiger partial charge in [-0.15, -0.1) is 12.4 Å². The van der Waals surface area contributed by atoms with E-state index in [1.54, 1.807) is 0 Å². The predicted molar refractivity (Wildman–Crippen MR) is 109 cm³/mol. The number of allylic oxidation sites excluding steroid dienone is 1. The third-order valence-electron chi connectivity index (χ3n) is 4.75. The van der Waals surface area contributed by atoms with E-state index >= 15 is 0 Å². The van der Waals surface area contributed by atoms with Crippen LogP contribution in [0.2, 0.25) is 0 Å². The minimum Gasteiger partial charge on any atom is -1.00 e. The van der Waals surface area contributed by atoms with Crippen molar-refractivity contribution in [3.8, 4) is 0 Å². The maximum absolute atomic E-state index is 6.11. The fourth-order valence-corrected chi connectivity index (χ4v) is 3.30. The van der Waals surface area contributed by atoms with Crippen LogP contribution in [-0.4, -0.2) is 24.6 Å². The molecule has 1 fully saturated rings. The van der Waals surface area contributed by atoms with Gasteiger partial charge in [-0.25, -0.2) is 0 Å². The molecule has 1 saturated heterocycles. The van der Waals surface area contributed by atoms with Gasteiger partial charge in [0.2, 0.25) is 0 Å². The van der Waals surface area contributed by atoms with Gasteiger partial charge in [-0.2, -0.15) is 0 Å². The number of benzene rings is 2. The van der Waals surface area contributed by atoms with E-state index in [4.69, 9.17) is 4.74 Å². The zero-order valence-electron chi connectivity index (χ0n) is 16.9. The first-order valence-electron chi connectivity index (χ1n) is 8.96. The van der Waals surface area contributed by atoms with Crippen molar-refractivity contribution in [2.24, 2.45) is 5.92 Å². The number of rotatable bonds is 6. The van der Waals surface area contributed by atoms with Crippen LogP contribution in [0, 0.1) is 5.92 Å². The minimum absolute atomic E-state index is 0. The number of piperidine rings is 1. The Hall–Kier alpha value is -0.770. The maximum Gasteiger partial charge on any atom is 1.00 e. The number of likely N-dealkylation sites (tertiary alicyclic amines) is 1. The summed E-state index contributed by atoms with van der Waals surface area (Å²) >= 11 is 0. The van der Waals surface area contributed by atoms with E-state index in [-0.39, 0.29) is 43.4 Å². The van der Waals surface area contributed by atoms with Crippen LogP contribution in [0.4, 0.5) is 0 Å². The van der Waals surface area contributed by atoms with Gasteiger partial charge in [0.05, 0.1) is 6.61 Å². The Balaban J connectivity index is 0.00000225. The molecule has 2 nitrogen and oxygen atoms in total. The molecule has 0 aromatic heterocycles. The van der Waals surface area contributed by atoms with Crippen molar-refractivity contribution in [1.82, 2.24) is 4.90 Å². The Morgan fingerprint density at radius 1 is 1.04 bits per heavy atom. The van der Waals surface area contributed by atoms with Gasteiger partial charge in [-0.05, 0) is 50.4 Å². The molecule has 0 atom stereocenters. The second kappa shape index (κ2) is 12.6. The van der Waals surface area contributed by atoms with E-state index in [0.717, 1.165) is 18.9 Å². The summed E-state index contributed by atoms with van der Waals surface area (Å²) in [5.74, 6) is 1.66. The van der Waals surface area contributed by atoms with Crippen molar-refractivity contribution in [1.29, 1.82) is 0 Å². The molecule has 136 valence electrons. The molecule has 1 aliphatic rings. The van der Waals surface area contributed by atoms with Crippen molar-refractivity contribution in [2.75, 3.05) is 19.7 Å². The van der Waals surface area contributed by atoms with Crippen molar-refractivity contribution >= 4 is 18.2 Å². The van der Waals surface area contributed by atoms with Crippen molar-refractivity contribution < 1.29 is 35.7 Å². The van der Waals surface area contributed by atoms with Gasteiger partial charge in [0, 0.05) is 12.1 Å². The average Bonchev–Trinajstić information content (AvgIpc) is 2.65. The van der Waals surface area contributed by atoms with E-state index < -0.39 is 0 Å². The van der Waals surface area contributed by atoms with E-state index in [2.05, 4.69) is 65.6 Å². The van der Waals surface area contributed by atoms with Crippen molar-refractivity contribution in [2.45, 2.75) is 26.3 Å². The first-order chi connectivity index (χ1) is 11.8. The van der Waals surface area contributed by atoms with E-state index in [9.17, 15) is 0 Å². The Morgan fingerprint density at radius 2 is 1.62 bits per heavy atom. The number of ether oxygens (including phenoxy) is 1. The molecule has 0 amide bonds. The standard InChI is InChI=1S/C22H27NO.ClH.Na.H/c1-2-22(21-11-7-4-8-12-21)24-18-20-13-15-23(16-14-20)17-19-9-5-3-6-10-19;;;/h2-12,20H,13-18H2,1H3;1H;;/q;;+1;-1/b22-2-;;;. The third kappa shape index (κ3) is 7.09. The number of hydrogen-bond donors (Lipinski definition) is 0. The normalized spacial score (nSPS) is 15.7. The summed E-state index contributed by atoms with van der Waals surface area (Å²) in [6.07, 6.45) is 4.51. The molecular weight excluding hydrogens is 353 g/mol. The zero-order valence-corrected chi connectivity index (χ0v) is 18.8. The smallest absolute Gasteiger partial charge is 1.00 e. The maximum atomic E-state index is 6.11. The molecule has 0 N–H and O–H groups in total. The summed E-state index contributed by atoms with van der Waals surface area (Å²) in [6.45, 7) is 6.27. The molecule has 3 rings (SSSR count). The molecule has 4 heteroatoms. The molecule has 0 radical (unpaired) electrons. The second-order valence-electron chi connectivity index (χ2n) is 6.54. The predicted octanol–water partition coefficient (Wildman–Crippen LogP) is 2.51. The van der Waals surface area contributed by atoms with Crippen LogP contribution in [0.15, 0.2) is 66.7 Å². The SMILES string of the molecule is C/C=C(\OCC1CCN(Cc2ccccc2)CC1)c1ccccc1.Cl.[H-].[Na+]. The Bertz CT molecular complexity index is 646. The van der Waals surface area contributed by atoms with Gasteiger partial charge in [-0.3, -0.25) is 4.90 Å². The van der Waals surface area contributed by atoms with Gasteiger partial charge in [0.25, 0.3) is 0 Å². The monoisotopic (exact) mass is 381 g/mol.